The molecule has 1 N–H and O–H groups in total. The van der Waals surface area contributed by atoms with Crippen LogP contribution in [0.25, 0.3) is 10.2 Å². The number of thioether (sulfide) groups is 1. The highest BCUT2D eigenvalue weighted by Crippen LogP contribution is 2.30. The topological polar surface area (TPSA) is 24.9 Å². The molecule has 1 aromatic heterocycles. The lowest BCUT2D eigenvalue weighted by atomic mass is 10.0. The monoisotopic (exact) mass is 250 g/mol. The van der Waals surface area contributed by atoms with E-state index in [1.165, 1.54) is 34.3 Å². The fraction of sp³-hybridized carbons (Fsp3) is 0.417. The summed E-state index contributed by atoms with van der Waals surface area (Å²) in [6, 6.07) is 8.37. The van der Waals surface area contributed by atoms with Crippen molar-refractivity contribution in [1.29, 1.82) is 0 Å². The van der Waals surface area contributed by atoms with Crippen LogP contribution in [0.4, 0.5) is 0 Å². The van der Waals surface area contributed by atoms with Crippen LogP contribution in [0.5, 0.6) is 0 Å². The standard InChI is InChI=1S/C12H14N2S2/c1-2-4-11-10(3-1)14-12(16-11)15-6-5-9-7-13-8-9/h1-4,9,13H,5-8H2. The molecule has 1 aromatic carbocycles. The van der Waals surface area contributed by atoms with Gasteiger partial charge in [-0.3, -0.25) is 0 Å². The summed E-state index contributed by atoms with van der Waals surface area (Å²) in [7, 11) is 0. The minimum Gasteiger partial charge on any atom is -0.316 e. The Labute approximate surface area is 103 Å². The zero-order valence-electron chi connectivity index (χ0n) is 8.98. The van der Waals surface area contributed by atoms with Gasteiger partial charge in [-0.2, -0.15) is 0 Å². The zero-order chi connectivity index (χ0) is 10.8. The third-order valence-electron chi connectivity index (χ3n) is 2.89. The quantitative estimate of drug-likeness (QED) is 0.844. The van der Waals surface area contributed by atoms with E-state index in [0.717, 1.165) is 11.4 Å². The zero-order valence-corrected chi connectivity index (χ0v) is 10.6. The molecule has 16 heavy (non-hydrogen) atoms. The first-order valence-corrected chi connectivity index (χ1v) is 7.41. The van der Waals surface area contributed by atoms with Crippen molar-refractivity contribution >= 4 is 33.3 Å². The first-order valence-electron chi connectivity index (χ1n) is 5.61. The number of thiazole rings is 1. The van der Waals surface area contributed by atoms with Crippen molar-refractivity contribution in [3.63, 3.8) is 0 Å². The van der Waals surface area contributed by atoms with Crippen LogP contribution in [0, 0.1) is 5.92 Å². The minimum atomic E-state index is 0.905. The van der Waals surface area contributed by atoms with Crippen molar-refractivity contribution in [3.8, 4) is 0 Å². The molecule has 0 radical (unpaired) electrons. The molecule has 0 spiro atoms. The van der Waals surface area contributed by atoms with E-state index in [9.17, 15) is 0 Å². The molecule has 1 aliphatic rings. The van der Waals surface area contributed by atoms with Gasteiger partial charge in [0.2, 0.25) is 0 Å². The predicted molar refractivity (Wildman–Crippen MR) is 71.3 cm³/mol. The summed E-state index contributed by atoms with van der Waals surface area (Å²) in [5, 5.41) is 3.31. The van der Waals surface area contributed by atoms with Gasteiger partial charge in [-0.15, -0.1) is 11.3 Å². The van der Waals surface area contributed by atoms with E-state index in [2.05, 4.69) is 34.6 Å². The number of aromatic nitrogens is 1. The number of para-hydroxylation sites is 1. The second-order valence-corrected chi connectivity index (χ2v) is 6.48. The second kappa shape index (κ2) is 4.73. The number of hydrogen-bond donors (Lipinski definition) is 1. The predicted octanol–water partition coefficient (Wildman–Crippen LogP) is 3.00. The molecule has 2 heterocycles. The van der Waals surface area contributed by atoms with E-state index in [0.29, 0.717) is 0 Å². The Kier molecular flexibility index (Phi) is 3.13. The molecule has 1 saturated heterocycles. The number of rotatable bonds is 4. The highest BCUT2D eigenvalue weighted by molar-refractivity contribution is 8.01. The summed E-state index contributed by atoms with van der Waals surface area (Å²) in [6.45, 7) is 2.42. The van der Waals surface area contributed by atoms with Gasteiger partial charge in [-0.25, -0.2) is 4.98 Å². The van der Waals surface area contributed by atoms with Crippen molar-refractivity contribution in [1.82, 2.24) is 10.3 Å². The van der Waals surface area contributed by atoms with Crippen LogP contribution >= 0.6 is 23.1 Å². The molecule has 4 heteroatoms. The molecular weight excluding hydrogens is 236 g/mol. The van der Waals surface area contributed by atoms with Crippen LogP contribution in [0.1, 0.15) is 6.42 Å². The highest BCUT2D eigenvalue weighted by Gasteiger charge is 2.16. The van der Waals surface area contributed by atoms with E-state index >= 15 is 0 Å². The molecule has 0 amide bonds. The number of benzene rings is 1. The molecule has 2 nitrogen and oxygen atoms in total. The Morgan fingerprint density at radius 1 is 1.38 bits per heavy atom. The first kappa shape index (κ1) is 10.6. The van der Waals surface area contributed by atoms with Gasteiger partial charge in [0.25, 0.3) is 0 Å². The van der Waals surface area contributed by atoms with Crippen molar-refractivity contribution in [2.45, 2.75) is 10.8 Å². The van der Waals surface area contributed by atoms with Gasteiger partial charge in [0.05, 0.1) is 10.2 Å². The molecule has 0 atom stereocenters. The molecule has 1 fully saturated rings. The lowest BCUT2D eigenvalue weighted by molar-refractivity contribution is 0.341. The number of nitrogens with one attached hydrogen (secondary N) is 1. The average Bonchev–Trinajstić information content (AvgIpc) is 2.64. The smallest absolute Gasteiger partial charge is 0.151 e. The Hall–Kier alpha value is -0.580. The summed E-state index contributed by atoms with van der Waals surface area (Å²) in [5.74, 6) is 2.11. The molecule has 3 rings (SSSR count). The van der Waals surface area contributed by atoms with Crippen molar-refractivity contribution in [3.05, 3.63) is 24.3 Å². The maximum Gasteiger partial charge on any atom is 0.151 e. The van der Waals surface area contributed by atoms with Crippen molar-refractivity contribution in [2.75, 3.05) is 18.8 Å². The van der Waals surface area contributed by atoms with E-state index < -0.39 is 0 Å². The van der Waals surface area contributed by atoms with Crippen LogP contribution in [0.2, 0.25) is 0 Å². The third kappa shape index (κ3) is 2.24. The first-order chi connectivity index (χ1) is 7.92. The largest absolute Gasteiger partial charge is 0.316 e. The van der Waals surface area contributed by atoms with E-state index in [4.69, 9.17) is 0 Å². The number of nitrogens with zero attached hydrogens (tertiary/aromatic N) is 1. The van der Waals surface area contributed by atoms with E-state index in [-0.39, 0.29) is 0 Å². The van der Waals surface area contributed by atoms with Crippen LogP contribution in [0.3, 0.4) is 0 Å². The van der Waals surface area contributed by atoms with Gasteiger partial charge >= 0.3 is 0 Å². The van der Waals surface area contributed by atoms with Gasteiger partial charge in [-0.1, -0.05) is 23.9 Å². The second-order valence-electron chi connectivity index (χ2n) is 4.11. The third-order valence-corrected chi connectivity index (χ3v) is 5.10. The summed E-state index contributed by atoms with van der Waals surface area (Å²) in [6.07, 6.45) is 1.31. The molecule has 1 aliphatic heterocycles. The summed E-state index contributed by atoms with van der Waals surface area (Å²) in [4.78, 5) is 4.62. The molecule has 2 aromatic rings. The van der Waals surface area contributed by atoms with Gasteiger partial charge in [0, 0.05) is 5.75 Å². The van der Waals surface area contributed by atoms with Crippen LogP contribution in [-0.4, -0.2) is 23.8 Å². The van der Waals surface area contributed by atoms with E-state index in [1.807, 2.05) is 23.1 Å². The lowest BCUT2D eigenvalue weighted by Gasteiger charge is -2.26. The van der Waals surface area contributed by atoms with Gasteiger partial charge in [0.1, 0.15) is 0 Å². The lowest BCUT2D eigenvalue weighted by Crippen LogP contribution is -2.42. The fourth-order valence-electron chi connectivity index (χ4n) is 1.78. The molecule has 0 saturated carbocycles. The SMILES string of the molecule is c1ccc2sc(SCCC3CNC3)nc2c1. The van der Waals surface area contributed by atoms with Crippen molar-refractivity contribution < 1.29 is 0 Å². The molecule has 0 unspecified atom stereocenters. The van der Waals surface area contributed by atoms with Crippen LogP contribution < -0.4 is 5.32 Å². The number of fused-ring (bicyclic) bond motifs is 1. The maximum absolute atomic E-state index is 4.62. The molecule has 0 bridgehead atoms. The van der Waals surface area contributed by atoms with Crippen LogP contribution in [0.15, 0.2) is 28.6 Å². The molecule has 0 aliphatic carbocycles. The normalized spacial score (nSPS) is 16.5. The Morgan fingerprint density at radius 2 is 2.25 bits per heavy atom. The number of hydrogen-bond acceptors (Lipinski definition) is 4. The molecular formula is C12H14N2S2. The Bertz CT molecular complexity index is 444. The van der Waals surface area contributed by atoms with Gasteiger partial charge < -0.3 is 5.32 Å². The van der Waals surface area contributed by atoms with E-state index in [1.54, 1.807) is 0 Å². The summed E-state index contributed by atoms with van der Waals surface area (Å²) in [5.41, 5.74) is 1.14. The van der Waals surface area contributed by atoms with Gasteiger partial charge in [0.15, 0.2) is 4.34 Å². The fourth-order valence-corrected chi connectivity index (χ4v) is 4.02. The summed E-state index contributed by atoms with van der Waals surface area (Å²) < 4.78 is 2.52. The van der Waals surface area contributed by atoms with Crippen LogP contribution in [-0.2, 0) is 0 Å². The highest BCUT2D eigenvalue weighted by atomic mass is 32.2. The maximum atomic E-state index is 4.62. The summed E-state index contributed by atoms with van der Waals surface area (Å²) >= 11 is 3.71. The average molecular weight is 250 g/mol. The molecule has 84 valence electrons. The Balaban J connectivity index is 1.60. The van der Waals surface area contributed by atoms with Crippen molar-refractivity contribution in [2.24, 2.45) is 5.92 Å². The minimum absolute atomic E-state index is 0.905. The van der Waals surface area contributed by atoms with Gasteiger partial charge in [-0.05, 0) is 37.6 Å². The Morgan fingerprint density at radius 3 is 3.00 bits per heavy atom.